The van der Waals surface area contributed by atoms with Crippen molar-refractivity contribution in [2.45, 2.75) is 0 Å². The summed E-state index contributed by atoms with van der Waals surface area (Å²) in [4.78, 5) is 13.0. The number of nitrogens with zero attached hydrogens (tertiary/aromatic N) is 3. The molecule has 0 aliphatic carbocycles. The van der Waals surface area contributed by atoms with E-state index in [0.29, 0.717) is 0 Å². The van der Waals surface area contributed by atoms with E-state index in [2.05, 4.69) is 15.0 Å². The van der Waals surface area contributed by atoms with Crippen molar-refractivity contribution in [3.63, 3.8) is 0 Å². The average molecular weight is 669 g/mol. The van der Waals surface area contributed by atoms with E-state index in [4.69, 9.17) is 34.3 Å². The van der Waals surface area contributed by atoms with Crippen LogP contribution < -0.4 is 0 Å². The Labute approximate surface area is 334 Å². The van der Waals surface area contributed by atoms with Crippen molar-refractivity contribution in [1.82, 2.24) is 15.0 Å². The van der Waals surface area contributed by atoms with E-state index in [9.17, 15) is 8.22 Å². The maximum Gasteiger partial charge on any atom is 0.164 e. The Morgan fingerprint density at radius 3 is 1.44 bits per heavy atom. The lowest BCUT2D eigenvalue weighted by Gasteiger charge is -2.12. The van der Waals surface area contributed by atoms with E-state index in [1.54, 1.807) is 0 Å². The standard InChI is InChI=1S/C47H31N3/c1-3-11-32(12-4-1)34-21-23-36(24-22-34)45-48-46(50-47(49-45)44-20-10-16-35-15-7-8-19-43(35)44)42-18-9-17-37(31-42)39-27-28-40-29-38(25-26-41(40)30-39)33-13-5-2-6-14-33/h1-31H/i1D,2D,3D,4D,5D,6D,7D,8D,9D,10D,11D,12D,13D,14D,15D,16D,17D,18D,19D,20D,21D,22D,23D,24D,25D,26D,27D,28D,29D,30D,31D. The molecule has 9 rings (SSSR count). The highest BCUT2D eigenvalue weighted by Crippen LogP contribution is 2.33. The lowest BCUT2D eigenvalue weighted by atomic mass is 9.97. The Bertz CT molecular complexity index is 4330. The van der Waals surface area contributed by atoms with Crippen LogP contribution in [0.4, 0.5) is 0 Å². The average Bonchev–Trinajstić information content (AvgIpc) is 3.43. The summed E-state index contributed by atoms with van der Waals surface area (Å²) in [6.07, 6.45) is 0. The van der Waals surface area contributed by atoms with Crippen molar-refractivity contribution in [3.8, 4) is 67.5 Å². The molecule has 50 heavy (non-hydrogen) atoms. The summed E-state index contributed by atoms with van der Waals surface area (Å²) in [5.41, 5.74) is -7.42. The minimum Gasteiger partial charge on any atom is -0.208 e. The van der Waals surface area contributed by atoms with Crippen LogP contribution in [0.2, 0.25) is 0 Å². The van der Waals surface area contributed by atoms with Crippen molar-refractivity contribution < 1.29 is 42.5 Å². The van der Waals surface area contributed by atoms with Gasteiger partial charge in [-0.15, -0.1) is 0 Å². The van der Waals surface area contributed by atoms with Crippen LogP contribution in [0.1, 0.15) is 42.5 Å². The zero-order valence-electron chi connectivity index (χ0n) is 55.8. The van der Waals surface area contributed by atoms with Gasteiger partial charge in [0.2, 0.25) is 0 Å². The van der Waals surface area contributed by atoms with Crippen molar-refractivity contribution in [2.75, 3.05) is 0 Å². The van der Waals surface area contributed by atoms with Gasteiger partial charge in [-0.25, -0.2) is 15.0 Å². The van der Waals surface area contributed by atoms with Gasteiger partial charge in [0.15, 0.2) is 17.5 Å². The van der Waals surface area contributed by atoms with E-state index < -0.39 is 276 Å². The first-order chi connectivity index (χ1) is 37.7. The molecule has 1 heterocycles. The Balaban J connectivity index is 1.42. The molecule has 9 aromatic rings. The molecule has 3 heteroatoms. The molecule has 0 bridgehead atoms. The fraction of sp³-hybridized carbons (Fsp3) is 0. The van der Waals surface area contributed by atoms with Crippen LogP contribution in [0, 0.1) is 0 Å². The van der Waals surface area contributed by atoms with Crippen molar-refractivity contribution in [3.05, 3.63) is 187 Å². The van der Waals surface area contributed by atoms with Crippen LogP contribution >= 0.6 is 0 Å². The molecule has 8 aromatic carbocycles. The summed E-state index contributed by atoms with van der Waals surface area (Å²) in [7, 11) is 0. The summed E-state index contributed by atoms with van der Waals surface area (Å²) in [6.45, 7) is 0. The molecule has 0 N–H and O–H groups in total. The lowest BCUT2D eigenvalue weighted by molar-refractivity contribution is 1.08. The van der Waals surface area contributed by atoms with E-state index >= 15 is 0 Å². The van der Waals surface area contributed by atoms with Crippen LogP contribution in [0.25, 0.3) is 89.1 Å². The van der Waals surface area contributed by atoms with Crippen LogP contribution in [0.5, 0.6) is 0 Å². The highest BCUT2D eigenvalue weighted by Gasteiger charge is 2.15. The first kappa shape index (κ1) is 11.4. The Hall–Kier alpha value is -6.71. The zero-order chi connectivity index (χ0) is 60.3. The van der Waals surface area contributed by atoms with Gasteiger partial charge in [0.25, 0.3) is 0 Å². The molecular weight excluding hydrogens is 607 g/mol. The fourth-order valence-electron chi connectivity index (χ4n) is 4.70. The quantitative estimate of drug-likeness (QED) is 0.177. The number of aromatic nitrogens is 3. The van der Waals surface area contributed by atoms with Crippen molar-refractivity contribution in [2.24, 2.45) is 0 Å². The Morgan fingerprint density at radius 2 is 0.720 bits per heavy atom. The van der Waals surface area contributed by atoms with E-state index in [1.807, 2.05) is 0 Å². The minimum absolute atomic E-state index is 0.640. The second kappa shape index (κ2) is 12.7. The van der Waals surface area contributed by atoms with Gasteiger partial charge < -0.3 is 0 Å². The molecule has 0 aliphatic rings. The second-order valence-electron chi connectivity index (χ2n) is 10.1. The molecule has 0 amide bonds. The molecule has 0 spiro atoms. The lowest BCUT2D eigenvalue weighted by Crippen LogP contribution is -2.00. The minimum atomic E-state index is -1.12. The van der Waals surface area contributed by atoms with E-state index in [-0.39, 0.29) is 0 Å². The van der Waals surface area contributed by atoms with Gasteiger partial charge in [0, 0.05) is 16.7 Å². The second-order valence-corrected chi connectivity index (χ2v) is 10.1. The topological polar surface area (TPSA) is 38.7 Å². The maximum atomic E-state index is 9.66. The number of rotatable bonds is 6. The molecule has 234 valence electrons. The zero-order valence-corrected chi connectivity index (χ0v) is 24.8. The number of hydrogen-bond donors (Lipinski definition) is 0. The molecule has 0 unspecified atom stereocenters. The Morgan fingerprint density at radius 1 is 0.280 bits per heavy atom. The highest BCUT2D eigenvalue weighted by molar-refractivity contribution is 5.95. The summed E-state index contributed by atoms with van der Waals surface area (Å²) in [5.74, 6) is -2.91. The molecule has 0 atom stereocenters. The van der Waals surface area contributed by atoms with Gasteiger partial charge in [-0.1, -0.05) is 169 Å². The van der Waals surface area contributed by atoms with Gasteiger partial charge in [0.05, 0.1) is 42.5 Å². The van der Waals surface area contributed by atoms with E-state index in [0.717, 1.165) is 0 Å². The normalized spacial score (nSPS) is 19.9. The third-order valence-corrected chi connectivity index (χ3v) is 6.99. The van der Waals surface area contributed by atoms with Crippen LogP contribution in [-0.2, 0) is 0 Å². The first-order valence-corrected chi connectivity index (χ1v) is 14.3. The first-order valence-electron chi connectivity index (χ1n) is 29.8. The van der Waals surface area contributed by atoms with Gasteiger partial charge in [-0.3, -0.25) is 0 Å². The third-order valence-electron chi connectivity index (χ3n) is 6.99. The fourth-order valence-corrected chi connectivity index (χ4v) is 4.70. The molecule has 1 aromatic heterocycles. The number of benzene rings is 8. The number of hydrogen-bond acceptors (Lipinski definition) is 3. The predicted molar refractivity (Wildman–Crippen MR) is 207 cm³/mol. The van der Waals surface area contributed by atoms with Crippen LogP contribution in [-0.4, -0.2) is 15.0 Å². The smallest absolute Gasteiger partial charge is 0.164 e. The summed E-state index contributed by atoms with van der Waals surface area (Å²) < 4.78 is 272. The molecule has 0 fully saturated rings. The molecular formula is C47H31N3. The Kier molecular flexibility index (Phi) is 2.91. The van der Waals surface area contributed by atoms with Gasteiger partial charge in [-0.05, 0) is 73.1 Å². The summed E-state index contributed by atoms with van der Waals surface area (Å²) in [6, 6.07) is -29.9. The van der Waals surface area contributed by atoms with Crippen molar-refractivity contribution in [1.29, 1.82) is 0 Å². The summed E-state index contributed by atoms with van der Waals surface area (Å²) in [5, 5.41) is -2.76. The molecule has 0 radical (unpaired) electrons. The largest absolute Gasteiger partial charge is 0.208 e. The molecule has 0 aliphatic heterocycles. The van der Waals surface area contributed by atoms with Gasteiger partial charge in [-0.2, -0.15) is 0 Å². The SMILES string of the molecule is [2H]c1c([2H])c([2H])c(-c2c([2H])c([2H])c(-c3nc(-c4c([2H])c([2H])c([2H])c(-c5c([2H])c([2H])c6c([2H])c(-c7c([2H])c([2H])c([2H])c([2H])c7[2H])c([2H])c([2H])c6c5[2H])c4[2H])nc(-c4c([2H])c([2H])c([2H])c5c([2H])c([2H])c([2H])c([2H])c45)n3)c([2H])c2[2H])c([2H])c1[2H]. The molecule has 3 nitrogen and oxygen atoms in total. The van der Waals surface area contributed by atoms with Crippen LogP contribution in [0.3, 0.4) is 0 Å². The van der Waals surface area contributed by atoms with Crippen molar-refractivity contribution >= 4 is 21.5 Å². The third kappa shape index (κ3) is 5.72. The van der Waals surface area contributed by atoms with Gasteiger partial charge >= 0.3 is 0 Å². The predicted octanol–water partition coefficient (Wildman–Crippen LogP) is 12.2. The maximum absolute atomic E-state index is 9.66. The van der Waals surface area contributed by atoms with E-state index in [1.165, 1.54) is 0 Å². The van der Waals surface area contributed by atoms with Gasteiger partial charge in [0.1, 0.15) is 0 Å². The highest BCUT2D eigenvalue weighted by atomic mass is 15.0. The summed E-state index contributed by atoms with van der Waals surface area (Å²) >= 11 is 0. The molecule has 0 saturated heterocycles. The molecule has 0 saturated carbocycles. The number of fused-ring (bicyclic) bond motifs is 2. The van der Waals surface area contributed by atoms with Crippen LogP contribution in [0.15, 0.2) is 187 Å². The monoisotopic (exact) mass is 668 g/mol.